The summed E-state index contributed by atoms with van der Waals surface area (Å²) in [4.78, 5) is 28.5. The molecule has 7 nitrogen and oxygen atoms in total. The summed E-state index contributed by atoms with van der Waals surface area (Å²) in [6.45, 7) is 3.55. The SMILES string of the molecule is Cc1occc1C(=O)Nc1nc(CC(=O)N[C@H]2CCCNC2)cs1. The van der Waals surface area contributed by atoms with Crippen molar-refractivity contribution in [3.05, 3.63) is 34.7 Å². The number of piperidine rings is 1. The molecule has 1 aliphatic rings. The second-order valence-corrected chi connectivity index (χ2v) is 6.63. The molecule has 0 saturated carbocycles. The minimum atomic E-state index is -0.264. The van der Waals surface area contributed by atoms with Crippen molar-refractivity contribution in [2.24, 2.45) is 0 Å². The predicted octanol–water partition coefficient (Wildman–Crippen LogP) is 1.71. The Morgan fingerprint density at radius 2 is 2.38 bits per heavy atom. The lowest BCUT2D eigenvalue weighted by Crippen LogP contribution is -2.46. The van der Waals surface area contributed by atoms with Gasteiger partial charge in [-0.05, 0) is 32.4 Å². The molecule has 2 aromatic rings. The number of carbonyl (C=O) groups is 2. The molecule has 0 aliphatic carbocycles. The molecule has 128 valence electrons. The number of nitrogens with zero attached hydrogens (tertiary/aromatic N) is 1. The molecule has 0 bridgehead atoms. The van der Waals surface area contributed by atoms with E-state index in [2.05, 4.69) is 20.9 Å². The molecule has 2 amide bonds. The lowest BCUT2D eigenvalue weighted by molar-refractivity contribution is -0.121. The minimum Gasteiger partial charge on any atom is -0.469 e. The van der Waals surface area contributed by atoms with Crippen molar-refractivity contribution in [3.63, 3.8) is 0 Å². The highest BCUT2D eigenvalue weighted by Gasteiger charge is 2.17. The van der Waals surface area contributed by atoms with E-state index in [9.17, 15) is 9.59 Å². The summed E-state index contributed by atoms with van der Waals surface area (Å²) in [5, 5.41) is 11.3. The number of aromatic nitrogens is 1. The van der Waals surface area contributed by atoms with Crippen molar-refractivity contribution in [1.29, 1.82) is 0 Å². The molecule has 8 heteroatoms. The van der Waals surface area contributed by atoms with Gasteiger partial charge in [-0.3, -0.25) is 14.9 Å². The summed E-state index contributed by atoms with van der Waals surface area (Å²) in [6.07, 6.45) is 3.77. The fourth-order valence-corrected chi connectivity index (χ4v) is 3.35. The van der Waals surface area contributed by atoms with E-state index in [0.717, 1.165) is 25.9 Å². The number of furan rings is 1. The molecule has 2 aromatic heterocycles. The summed E-state index contributed by atoms with van der Waals surface area (Å²) >= 11 is 1.30. The van der Waals surface area contributed by atoms with Gasteiger partial charge in [-0.1, -0.05) is 0 Å². The fourth-order valence-electron chi connectivity index (χ4n) is 2.65. The Bertz CT molecular complexity index is 718. The monoisotopic (exact) mass is 348 g/mol. The van der Waals surface area contributed by atoms with Crippen LogP contribution < -0.4 is 16.0 Å². The van der Waals surface area contributed by atoms with E-state index in [1.165, 1.54) is 17.6 Å². The first kappa shape index (κ1) is 16.7. The summed E-state index contributed by atoms with van der Waals surface area (Å²) in [5.74, 6) is 0.252. The van der Waals surface area contributed by atoms with Crippen LogP contribution in [-0.2, 0) is 11.2 Å². The van der Waals surface area contributed by atoms with Gasteiger partial charge in [-0.15, -0.1) is 11.3 Å². The van der Waals surface area contributed by atoms with E-state index in [0.29, 0.717) is 22.1 Å². The minimum absolute atomic E-state index is 0.0439. The van der Waals surface area contributed by atoms with Crippen LogP contribution in [0.1, 0.15) is 34.7 Å². The zero-order chi connectivity index (χ0) is 16.9. The molecule has 0 aromatic carbocycles. The molecule has 1 atom stereocenters. The third kappa shape index (κ3) is 4.21. The summed E-state index contributed by atoms with van der Waals surface area (Å²) in [6, 6.07) is 1.80. The molecule has 1 fully saturated rings. The first-order valence-electron chi connectivity index (χ1n) is 7.92. The highest BCUT2D eigenvalue weighted by Crippen LogP contribution is 2.18. The van der Waals surface area contributed by atoms with E-state index < -0.39 is 0 Å². The van der Waals surface area contributed by atoms with Crippen molar-refractivity contribution >= 4 is 28.3 Å². The Morgan fingerprint density at radius 3 is 3.08 bits per heavy atom. The van der Waals surface area contributed by atoms with Crippen LogP contribution in [0.5, 0.6) is 0 Å². The predicted molar refractivity (Wildman–Crippen MR) is 91.3 cm³/mol. The quantitative estimate of drug-likeness (QED) is 0.764. The van der Waals surface area contributed by atoms with Crippen molar-refractivity contribution in [2.45, 2.75) is 32.2 Å². The van der Waals surface area contributed by atoms with Crippen LogP contribution in [0.4, 0.5) is 5.13 Å². The summed E-state index contributed by atoms with van der Waals surface area (Å²) in [7, 11) is 0. The van der Waals surface area contributed by atoms with Gasteiger partial charge in [0.2, 0.25) is 5.91 Å². The van der Waals surface area contributed by atoms with E-state index >= 15 is 0 Å². The normalized spacial score (nSPS) is 17.5. The van der Waals surface area contributed by atoms with Crippen LogP contribution in [0, 0.1) is 6.92 Å². The molecule has 1 saturated heterocycles. The number of nitrogens with one attached hydrogen (secondary N) is 3. The van der Waals surface area contributed by atoms with Gasteiger partial charge in [0, 0.05) is 18.0 Å². The maximum absolute atomic E-state index is 12.1. The number of rotatable bonds is 5. The first-order chi connectivity index (χ1) is 11.6. The average Bonchev–Trinajstić information content (AvgIpc) is 3.17. The Hall–Kier alpha value is -2.19. The van der Waals surface area contributed by atoms with E-state index in [-0.39, 0.29) is 24.3 Å². The van der Waals surface area contributed by atoms with Crippen LogP contribution in [0.25, 0.3) is 0 Å². The van der Waals surface area contributed by atoms with Crippen molar-refractivity contribution < 1.29 is 14.0 Å². The van der Waals surface area contributed by atoms with Gasteiger partial charge >= 0.3 is 0 Å². The lowest BCUT2D eigenvalue weighted by Gasteiger charge is -2.23. The molecule has 3 N–H and O–H groups in total. The van der Waals surface area contributed by atoms with Crippen molar-refractivity contribution in [1.82, 2.24) is 15.6 Å². The van der Waals surface area contributed by atoms with Gasteiger partial charge in [0.05, 0.1) is 23.9 Å². The molecular weight excluding hydrogens is 328 g/mol. The molecule has 3 heterocycles. The zero-order valence-corrected chi connectivity index (χ0v) is 14.2. The molecular formula is C16H20N4O3S. The van der Waals surface area contributed by atoms with Crippen molar-refractivity contribution in [2.75, 3.05) is 18.4 Å². The second kappa shape index (κ2) is 7.59. The number of hydrogen-bond acceptors (Lipinski definition) is 6. The molecule has 1 aliphatic heterocycles. The Kier molecular flexibility index (Phi) is 5.27. The number of aryl methyl sites for hydroxylation is 1. The van der Waals surface area contributed by atoms with Gasteiger partial charge in [-0.25, -0.2) is 4.98 Å². The number of hydrogen-bond donors (Lipinski definition) is 3. The topological polar surface area (TPSA) is 96.3 Å². The first-order valence-corrected chi connectivity index (χ1v) is 8.79. The van der Waals surface area contributed by atoms with E-state index in [1.54, 1.807) is 18.4 Å². The van der Waals surface area contributed by atoms with E-state index in [4.69, 9.17) is 4.42 Å². The molecule has 0 unspecified atom stereocenters. The van der Waals surface area contributed by atoms with Crippen LogP contribution in [-0.4, -0.2) is 35.9 Å². The van der Waals surface area contributed by atoms with Gasteiger partial charge in [0.25, 0.3) is 5.91 Å². The Morgan fingerprint density at radius 1 is 1.50 bits per heavy atom. The van der Waals surface area contributed by atoms with Gasteiger partial charge in [-0.2, -0.15) is 0 Å². The smallest absolute Gasteiger partial charge is 0.260 e. The third-order valence-electron chi connectivity index (χ3n) is 3.88. The number of amides is 2. The van der Waals surface area contributed by atoms with Crippen LogP contribution in [0.3, 0.4) is 0 Å². The zero-order valence-electron chi connectivity index (χ0n) is 13.4. The highest BCUT2D eigenvalue weighted by molar-refractivity contribution is 7.14. The van der Waals surface area contributed by atoms with E-state index in [1.807, 2.05) is 0 Å². The molecule has 0 spiro atoms. The Balaban J connectivity index is 1.52. The summed E-state index contributed by atoms with van der Waals surface area (Å²) < 4.78 is 5.12. The third-order valence-corrected chi connectivity index (χ3v) is 4.69. The van der Waals surface area contributed by atoms with Gasteiger partial charge in [0.15, 0.2) is 5.13 Å². The number of thiazole rings is 1. The standard InChI is InChI=1S/C16H20N4O3S/c1-10-13(4-6-23-10)15(22)20-16-19-12(9-24-16)7-14(21)18-11-3-2-5-17-8-11/h4,6,9,11,17H,2-3,5,7-8H2,1H3,(H,18,21)(H,19,20,22)/t11-/m0/s1. The molecule has 24 heavy (non-hydrogen) atoms. The summed E-state index contributed by atoms with van der Waals surface area (Å²) in [5.41, 5.74) is 1.13. The fraction of sp³-hybridized carbons (Fsp3) is 0.438. The van der Waals surface area contributed by atoms with Gasteiger partial charge < -0.3 is 15.1 Å². The van der Waals surface area contributed by atoms with Crippen LogP contribution >= 0.6 is 11.3 Å². The maximum Gasteiger partial charge on any atom is 0.260 e. The average molecular weight is 348 g/mol. The van der Waals surface area contributed by atoms with Crippen LogP contribution in [0.15, 0.2) is 22.1 Å². The molecule has 0 radical (unpaired) electrons. The highest BCUT2D eigenvalue weighted by atomic mass is 32.1. The number of carbonyl (C=O) groups excluding carboxylic acids is 2. The van der Waals surface area contributed by atoms with Gasteiger partial charge in [0.1, 0.15) is 5.76 Å². The second-order valence-electron chi connectivity index (χ2n) is 5.78. The molecule has 3 rings (SSSR count). The largest absolute Gasteiger partial charge is 0.469 e. The maximum atomic E-state index is 12.1. The van der Waals surface area contributed by atoms with Crippen LogP contribution in [0.2, 0.25) is 0 Å². The van der Waals surface area contributed by atoms with Crippen molar-refractivity contribution in [3.8, 4) is 0 Å². The Labute approximate surface area is 143 Å². The lowest BCUT2D eigenvalue weighted by atomic mass is 10.1. The number of anilines is 1.